The highest BCUT2D eigenvalue weighted by Crippen LogP contribution is 2.39. The number of hydrogen-bond acceptors (Lipinski definition) is 3. The Hall–Kier alpha value is -2.31. The molecule has 0 aromatic carbocycles. The number of aromatic carboxylic acids is 1. The number of carbonyl (C=O) groups is 2. The number of amides is 2. The van der Waals surface area contributed by atoms with Gasteiger partial charge in [-0.1, -0.05) is 12.2 Å². The molecule has 0 radical (unpaired) electrons. The van der Waals surface area contributed by atoms with E-state index < -0.39 is 11.5 Å². The van der Waals surface area contributed by atoms with Crippen molar-refractivity contribution in [3.05, 3.63) is 29.9 Å². The van der Waals surface area contributed by atoms with Crippen molar-refractivity contribution < 1.29 is 14.7 Å². The molecule has 0 aliphatic heterocycles. The SMILES string of the molecule is C=C(C)CNC(=O)NC1(c2ncc(C(=O)O)[nH]2)CCC1. The second-order valence-electron chi connectivity index (χ2n) is 5.15. The van der Waals surface area contributed by atoms with Crippen molar-refractivity contribution in [1.82, 2.24) is 20.6 Å². The monoisotopic (exact) mass is 278 g/mol. The first-order valence-corrected chi connectivity index (χ1v) is 6.42. The molecule has 0 atom stereocenters. The van der Waals surface area contributed by atoms with E-state index in [0.29, 0.717) is 12.4 Å². The molecule has 1 aliphatic rings. The molecule has 2 amide bonds. The number of carbonyl (C=O) groups excluding carboxylic acids is 1. The molecule has 0 bridgehead atoms. The molecule has 7 heteroatoms. The highest BCUT2D eigenvalue weighted by atomic mass is 16.4. The van der Waals surface area contributed by atoms with E-state index in [1.54, 1.807) is 0 Å². The first-order valence-electron chi connectivity index (χ1n) is 6.42. The Labute approximate surface area is 116 Å². The lowest BCUT2D eigenvalue weighted by molar-refractivity contribution is 0.0690. The maximum atomic E-state index is 11.8. The molecular weight excluding hydrogens is 260 g/mol. The first kappa shape index (κ1) is 14.1. The van der Waals surface area contributed by atoms with Crippen LogP contribution in [0.2, 0.25) is 0 Å². The van der Waals surface area contributed by atoms with E-state index in [2.05, 4.69) is 27.2 Å². The van der Waals surface area contributed by atoms with Gasteiger partial charge in [-0.05, 0) is 26.2 Å². The zero-order chi connectivity index (χ0) is 14.8. The van der Waals surface area contributed by atoms with Crippen LogP contribution < -0.4 is 10.6 Å². The average molecular weight is 278 g/mol. The van der Waals surface area contributed by atoms with Gasteiger partial charge in [-0.25, -0.2) is 14.6 Å². The molecule has 1 aliphatic carbocycles. The largest absolute Gasteiger partial charge is 0.477 e. The fraction of sp³-hybridized carbons (Fsp3) is 0.462. The normalized spacial score (nSPS) is 16.1. The Bertz CT molecular complexity index is 546. The standard InChI is InChI=1S/C13H18N4O3/c1-8(2)6-15-12(20)17-13(4-3-5-13)11-14-7-9(16-11)10(18)19/h7H,1,3-6H2,2H3,(H,14,16)(H,18,19)(H2,15,17,20). The van der Waals surface area contributed by atoms with Gasteiger partial charge in [-0.15, -0.1) is 0 Å². The van der Waals surface area contributed by atoms with Gasteiger partial charge < -0.3 is 20.7 Å². The Morgan fingerprint density at radius 2 is 2.25 bits per heavy atom. The molecule has 20 heavy (non-hydrogen) atoms. The molecule has 0 saturated heterocycles. The third-order valence-corrected chi connectivity index (χ3v) is 3.37. The number of rotatable bonds is 5. The number of aromatic amines is 1. The lowest BCUT2D eigenvalue weighted by atomic mass is 9.76. The van der Waals surface area contributed by atoms with Crippen molar-refractivity contribution >= 4 is 12.0 Å². The zero-order valence-electron chi connectivity index (χ0n) is 11.3. The number of urea groups is 1. The Balaban J connectivity index is 2.07. The summed E-state index contributed by atoms with van der Waals surface area (Å²) in [7, 11) is 0. The van der Waals surface area contributed by atoms with Crippen molar-refractivity contribution in [2.24, 2.45) is 0 Å². The molecule has 1 aromatic rings. The number of hydrogen-bond donors (Lipinski definition) is 4. The van der Waals surface area contributed by atoms with Crippen LogP contribution in [0.3, 0.4) is 0 Å². The molecule has 0 spiro atoms. The van der Waals surface area contributed by atoms with E-state index in [-0.39, 0.29) is 11.7 Å². The predicted molar refractivity (Wildman–Crippen MR) is 72.4 cm³/mol. The third kappa shape index (κ3) is 2.81. The van der Waals surface area contributed by atoms with Crippen LogP contribution >= 0.6 is 0 Å². The van der Waals surface area contributed by atoms with E-state index in [9.17, 15) is 9.59 Å². The van der Waals surface area contributed by atoms with E-state index in [0.717, 1.165) is 24.8 Å². The topological polar surface area (TPSA) is 107 Å². The van der Waals surface area contributed by atoms with Crippen molar-refractivity contribution in [3.63, 3.8) is 0 Å². The van der Waals surface area contributed by atoms with Gasteiger partial charge in [0.05, 0.1) is 11.7 Å². The van der Waals surface area contributed by atoms with Gasteiger partial charge in [0, 0.05) is 6.54 Å². The minimum atomic E-state index is -1.06. The Kier molecular flexibility index (Phi) is 3.78. The maximum absolute atomic E-state index is 11.8. The summed E-state index contributed by atoms with van der Waals surface area (Å²) in [5.74, 6) is -0.573. The molecule has 1 aromatic heterocycles. The minimum absolute atomic E-state index is 0.0235. The minimum Gasteiger partial charge on any atom is -0.477 e. The van der Waals surface area contributed by atoms with Gasteiger partial charge in [-0.2, -0.15) is 0 Å². The molecule has 1 fully saturated rings. The first-order chi connectivity index (χ1) is 9.43. The smallest absolute Gasteiger partial charge is 0.353 e. The summed E-state index contributed by atoms with van der Waals surface area (Å²) < 4.78 is 0. The number of nitrogens with one attached hydrogen (secondary N) is 3. The molecule has 4 N–H and O–H groups in total. The van der Waals surface area contributed by atoms with Crippen LogP contribution in [-0.4, -0.2) is 33.6 Å². The van der Waals surface area contributed by atoms with E-state index in [4.69, 9.17) is 5.11 Å². The lowest BCUT2D eigenvalue weighted by Crippen LogP contribution is -2.54. The lowest BCUT2D eigenvalue weighted by Gasteiger charge is -2.40. The summed E-state index contributed by atoms with van der Waals surface area (Å²) in [5.41, 5.74) is 0.289. The fourth-order valence-electron chi connectivity index (χ4n) is 2.12. The molecule has 7 nitrogen and oxygen atoms in total. The molecule has 2 rings (SSSR count). The fourth-order valence-corrected chi connectivity index (χ4v) is 2.12. The number of H-pyrrole nitrogens is 1. The number of carboxylic acid groups (broad SMARTS) is 1. The average Bonchev–Trinajstić information content (AvgIpc) is 2.81. The molecule has 0 unspecified atom stereocenters. The van der Waals surface area contributed by atoms with Crippen LogP contribution in [0.25, 0.3) is 0 Å². The molecular formula is C13H18N4O3. The third-order valence-electron chi connectivity index (χ3n) is 3.37. The molecule has 108 valence electrons. The number of nitrogens with zero attached hydrogens (tertiary/aromatic N) is 1. The van der Waals surface area contributed by atoms with E-state index in [1.165, 1.54) is 6.20 Å². The van der Waals surface area contributed by atoms with Gasteiger partial charge in [0.2, 0.25) is 0 Å². The van der Waals surface area contributed by atoms with Crippen molar-refractivity contribution in [2.75, 3.05) is 6.54 Å². The highest BCUT2D eigenvalue weighted by molar-refractivity contribution is 5.85. The summed E-state index contributed by atoms with van der Waals surface area (Å²) in [6.45, 7) is 5.94. The van der Waals surface area contributed by atoms with E-state index >= 15 is 0 Å². The van der Waals surface area contributed by atoms with Gasteiger partial charge in [0.15, 0.2) is 0 Å². The quantitative estimate of drug-likeness (QED) is 0.610. The maximum Gasteiger partial charge on any atom is 0.353 e. The Morgan fingerprint density at radius 3 is 2.70 bits per heavy atom. The van der Waals surface area contributed by atoms with Gasteiger partial charge in [-0.3, -0.25) is 0 Å². The van der Waals surface area contributed by atoms with Crippen LogP contribution in [0.1, 0.15) is 42.5 Å². The van der Waals surface area contributed by atoms with Crippen LogP contribution in [0.4, 0.5) is 4.79 Å². The van der Waals surface area contributed by atoms with Crippen LogP contribution in [-0.2, 0) is 5.54 Å². The summed E-state index contributed by atoms with van der Waals surface area (Å²) >= 11 is 0. The molecule has 1 heterocycles. The number of aromatic nitrogens is 2. The van der Waals surface area contributed by atoms with E-state index in [1.807, 2.05) is 6.92 Å². The summed E-state index contributed by atoms with van der Waals surface area (Å²) in [4.78, 5) is 29.6. The highest BCUT2D eigenvalue weighted by Gasteiger charge is 2.42. The zero-order valence-corrected chi connectivity index (χ0v) is 11.3. The summed E-state index contributed by atoms with van der Waals surface area (Å²) in [6, 6.07) is -0.305. The summed E-state index contributed by atoms with van der Waals surface area (Å²) in [5, 5.41) is 14.5. The Morgan fingerprint density at radius 1 is 1.55 bits per heavy atom. The van der Waals surface area contributed by atoms with Gasteiger partial charge >= 0.3 is 12.0 Å². The second kappa shape index (κ2) is 5.36. The number of carboxylic acids is 1. The van der Waals surface area contributed by atoms with Crippen LogP contribution in [0.15, 0.2) is 18.3 Å². The van der Waals surface area contributed by atoms with Crippen molar-refractivity contribution in [3.8, 4) is 0 Å². The van der Waals surface area contributed by atoms with Crippen LogP contribution in [0.5, 0.6) is 0 Å². The second-order valence-corrected chi connectivity index (χ2v) is 5.15. The van der Waals surface area contributed by atoms with Gasteiger partial charge in [0.1, 0.15) is 11.5 Å². The van der Waals surface area contributed by atoms with Gasteiger partial charge in [0.25, 0.3) is 0 Å². The molecule has 1 saturated carbocycles. The summed E-state index contributed by atoms with van der Waals surface area (Å²) in [6.07, 6.45) is 3.70. The van der Waals surface area contributed by atoms with Crippen molar-refractivity contribution in [2.45, 2.75) is 31.7 Å². The predicted octanol–water partition coefficient (Wildman–Crippen LogP) is 1.36. The van der Waals surface area contributed by atoms with Crippen molar-refractivity contribution in [1.29, 1.82) is 0 Å². The number of imidazole rings is 1. The van der Waals surface area contributed by atoms with Crippen LogP contribution in [0, 0.1) is 0 Å².